The van der Waals surface area contributed by atoms with Gasteiger partial charge in [-0.2, -0.15) is 0 Å². The van der Waals surface area contributed by atoms with E-state index in [2.05, 4.69) is 10.2 Å². The first kappa shape index (κ1) is 17.8. The van der Waals surface area contributed by atoms with Gasteiger partial charge in [-0.25, -0.2) is 0 Å². The van der Waals surface area contributed by atoms with Crippen LogP contribution in [0.5, 0.6) is 17.2 Å². The van der Waals surface area contributed by atoms with E-state index in [1.165, 1.54) is 7.11 Å². The number of aliphatic hydroxyl groups is 1. The van der Waals surface area contributed by atoms with Crippen molar-refractivity contribution in [2.45, 2.75) is 6.04 Å². The quantitative estimate of drug-likeness (QED) is 0.745. The predicted octanol–water partition coefficient (Wildman–Crippen LogP) is 0.770. The van der Waals surface area contributed by atoms with Gasteiger partial charge in [-0.05, 0) is 0 Å². The fourth-order valence-electron chi connectivity index (χ4n) is 2.59. The molecule has 7 heteroatoms. The lowest BCUT2D eigenvalue weighted by molar-refractivity contribution is 0.107. The summed E-state index contributed by atoms with van der Waals surface area (Å²) < 4.78 is 10.5. The Morgan fingerprint density at radius 3 is 2.43 bits per heavy atom. The van der Waals surface area contributed by atoms with Gasteiger partial charge in [-0.3, -0.25) is 4.90 Å². The molecule has 1 aliphatic rings. The number of ether oxygens (including phenoxy) is 2. The second-order valence-corrected chi connectivity index (χ2v) is 4.75. The van der Waals surface area contributed by atoms with Gasteiger partial charge in [0.15, 0.2) is 0 Å². The number of piperazine rings is 1. The van der Waals surface area contributed by atoms with Crippen LogP contribution in [-0.2, 0) is 0 Å². The number of methoxy groups -OCH3 is 2. The third kappa shape index (κ3) is 3.91. The fourth-order valence-corrected chi connectivity index (χ4v) is 2.59. The molecule has 1 saturated heterocycles. The Balaban J connectivity index is 0.00000220. The minimum atomic E-state index is -0.280. The summed E-state index contributed by atoms with van der Waals surface area (Å²) in [6.45, 7) is 3.31. The fraction of sp³-hybridized carbons (Fsp3) is 0.571. The van der Waals surface area contributed by atoms with Gasteiger partial charge in [0.25, 0.3) is 0 Å². The number of hydrogen-bond acceptors (Lipinski definition) is 6. The molecular formula is C14H23ClN2O4. The summed E-state index contributed by atoms with van der Waals surface area (Å²) in [5.41, 5.74) is 0.609. The number of benzene rings is 1. The molecule has 1 aliphatic heterocycles. The van der Waals surface area contributed by atoms with E-state index in [1.54, 1.807) is 19.2 Å². The molecule has 1 fully saturated rings. The predicted molar refractivity (Wildman–Crippen MR) is 82.7 cm³/mol. The molecule has 0 aliphatic carbocycles. The molecule has 0 spiro atoms. The Hall–Kier alpha value is -1.21. The van der Waals surface area contributed by atoms with Crippen LogP contribution in [-0.4, -0.2) is 62.1 Å². The monoisotopic (exact) mass is 318 g/mol. The Kier molecular flexibility index (Phi) is 7.04. The maximum absolute atomic E-state index is 10.3. The summed E-state index contributed by atoms with van der Waals surface area (Å²) in [7, 11) is 3.08. The van der Waals surface area contributed by atoms with Crippen molar-refractivity contribution in [3.8, 4) is 17.2 Å². The Labute approximate surface area is 131 Å². The van der Waals surface area contributed by atoms with E-state index < -0.39 is 0 Å². The average Bonchev–Trinajstić information content (AvgIpc) is 2.50. The molecule has 0 amide bonds. The number of nitrogens with one attached hydrogen (secondary N) is 1. The minimum absolute atomic E-state index is 0. The number of nitrogens with zero attached hydrogens (tertiary/aromatic N) is 1. The van der Waals surface area contributed by atoms with Crippen molar-refractivity contribution in [3.05, 3.63) is 17.7 Å². The van der Waals surface area contributed by atoms with E-state index >= 15 is 0 Å². The summed E-state index contributed by atoms with van der Waals surface area (Å²) in [5.74, 6) is 1.14. The van der Waals surface area contributed by atoms with Gasteiger partial charge in [0.1, 0.15) is 17.2 Å². The van der Waals surface area contributed by atoms with Crippen molar-refractivity contribution in [1.82, 2.24) is 10.2 Å². The highest BCUT2D eigenvalue weighted by atomic mass is 35.5. The van der Waals surface area contributed by atoms with Crippen LogP contribution >= 0.6 is 12.4 Å². The standard InChI is InChI=1S/C14H22N2O4.ClH/c1-19-10-7-12(18)14(13(8-10)20-2)11(9-17)16-5-3-15-4-6-16;/h7-8,11,15,17-18H,3-6,9H2,1-2H3;1H/t11-;/m0./s1. The van der Waals surface area contributed by atoms with Crippen LogP contribution < -0.4 is 14.8 Å². The number of aliphatic hydroxyl groups excluding tert-OH is 1. The lowest BCUT2D eigenvalue weighted by Crippen LogP contribution is -2.46. The van der Waals surface area contributed by atoms with E-state index in [0.29, 0.717) is 17.1 Å². The normalized spacial score (nSPS) is 16.9. The summed E-state index contributed by atoms with van der Waals surface area (Å²) in [4.78, 5) is 2.14. The maximum Gasteiger partial charge on any atom is 0.131 e. The molecule has 6 nitrogen and oxygen atoms in total. The third-order valence-electron chi connectivity index (χ3n) is 3.65. The Morgan fingerprint density at radius 2 is 1.90 bits per heavy atom. The van der Waals surface area contributed by atoms with Crippen molar-refractivity contribution in [1.29, 1.82) is 0 Å². The zero-order valence-electron chi connectivity index (χ0n) is 12.3. The second kappa shape index (κ2) is 8.29. The lowest BCUT2D eigenvalue weighted by atomic mass is 10.0. The zero-order chi connectivity index (χ0) is 14.5. The lowest BCUT2D eigenvalue weighted by Gasteiger charge is -2.35. The highest BCUT2D eigenvalue weighted by molar-refractivity contribution is 5.85. The van der Waals surface area contributed by atoms with E-state index in [4.69, 9.17) is 9.47 Å². The van der Waals surface area contributed by atoms with Crippen LogP contribution in [0.25, 0.3) is 0 Å². The summed E-state index contributed by atoms with van der Waals surface area (Å²) in [6, 6.07) is 2.99. The van der Waals surface area contributed by atoms with Gasteiger partial charge in [0, 0.05) is 38.3 Å². The van der Waals surface area contributed by atoms with Gasteiger partial charge in [-0.1, -0.05) is 0 Å². The van der Waals surface area contributed by atoms with Gasteiger partial charge in [0.2, 0.25) is 0 Å². The van der Waals surface area contributed by atoms with Gasteiger partial charge in [-0.15, -0.1) is 12.4 Å². The molecule has 2 rings (SSSR count). The number of halogens is 1. The number of phenolic OH excluding ortho intramolecular Hbond substituents is 1. The topological polar surface area (TPSA) is 74.2 Å². The molecular weight excluding hydrogens is 296 g/mol. The second-order valence-electron chi connectivity index (χ2n) is 4.75. The number of hydrogen-bond donors (Lipinski definition) is 3. The summed E-state index contributed by atoms with van der Waals surface area (Å²) in [6.07, 6.45) is 0. The molecule has 3 N–H and O–H groups in total. The zero-order valence-corrected chi connectivity index (χ0v) is 13.2. The van der Waals surface area contributed by atoms with E-state index in [9.17, 15) is 10.2 Å². The number of aromatic hydroxyl groups is 1. The molecule has 0 bridgehead atoms. The summed E-state index contributed by atoms with van der Waals surface area (Å²) in [5, 5.41) is 23.3. The van der Waals surface area contributed by atoms with Crippen molar-refractivity contribution < 1.29 is 19.7 Å². The summed E-state index contributed by atoms with van der Waals surface area (Å²) >= 11 is 0. The molecule has 0 unspecified atom stereocenters. The van der Waals surface area contributed by atoms with Crippen LogP contribution in [0.2, 0.25) is 0 Å². The van der Waals surface area contributed by atoms with Crippen molar-refractivity contribution in [3.63, 3.8) is 0 Å². The Morgan fingerprint density at radius 1 is 1.24 bits per heavy atom. The van der Waals surface area contributed by atoms with Crippen LogP contribution in [0.1, 0.15) is 11.6 Å². The van der Waals surface area contributed by atoms with E-state index in [-0.39, 0.29) is 30.8 Å². The molecule has 1 heterocycles. The Bertz CT molecular complexity index is 453. The number of phenols is 1. The largest absolute Gasteiger partial charge is 0.507 e. The highest BCUT2D eigenvalue weighted by Crippen LogP contribution is 2.39. The molecule has 1 aromatic rings. The molecule has 1 atom stereocenters. The van der Waals surface area contributed by atoms with E-state index in [0.717, 1.165) is 26.2 Å². The highest BCUT2D eigenvalue weighted by Gasteiger charge is 2.27. The molecule has 0 saturated carbocycles. The van der Waals surface area contributed by atoms with Crippen LogP contribution in [0.3, 0.4) is 0 Å². The van der Waals surface area contributed by atoms with Gasteiger partial charge >= 0.3 is 0 Å². The smallest absolute Gasteiger partial charge is 0.131 e. The molecule has 0 aromatic heterocycles. The van der Waals surface area contributed by atoms with Gasteiger partial charge in [0.05, 0.1) is 32.4 Å². The van der Waals surface area contributed by atoms with Crippen LogP contribution in [0.15, 0.2) is 12.1 Å². The molecule has 120 valence electrons. The van der Waals surface area contributed by atoms with Crippen molar-refractivity contribution in [2.75, 3.05) is 47.0 Å². The first-order chi connectivity index (χ1) is 9.71. The average molecular weight is 319 g/mol. The van der Waals surface area contributed by atoms with Crippen LogP contribution in [0.4, 0.5) is 0 Å². The van der Waals surface area contributed by atoms with E-state index in [1.807, 2.05) is 0 Å². The SMILES string of the molecule is COc1cc(O)c([C@H](CO)N2CCNCC2)c(OC)c1.Cl. The van der Waals surface area contributed by atoms with Gasteiger partial charge < -0.3 is 25.0 Å². The van der Waals surface area contributed by atoms with Crippen molar-refractivity contribution >= 4 is 12.4 Å². The molecule has 21 heavy (non-hydrogen) atoms. The minimum Gasteiger partial charge on any atom is -0.507 e. The van der Waals surface area contributed by atoms with Crippen molar-refractivity contribution in [2.24, 2.45) is 0 Å². The third-order valence-corrected chi connectivity index (χ3v) is 3.65. The molecule has 1 aromatic carbocycles. The van der Waals surface area contributed by atoms with Crippen LogP contribution in [0, 0.1) is 0 Å². The molecule has 0 radical (unpaired) electrons. The maximum atomic E-state index is 10.3. The first-order valence-corrected chi connectivity index (χ1v) is 6.71. The first-order valence-electron chi connectivity index (χ1n) is 6.71. The number of rotatable bonds is 5.